The fraction of sp³-hybridized carbons (Fsp3) is 0.538. The van der Waals surface area contributed by atoms with Crippen molar-refractivity contribution in [3.05, 3.63) is 35.2 Å². The number of carbonyl (C=O) groups is 6. The molecule has 13 nitrogen and oxygen atoms in total. The maximum absolute atomic E-state index is 13.3. The van der Waals surface area contributed by atoms with Gasteiger partial charge in [0, 0.05) is 24.4 Å². The van der Waals surface area contributed by atoms with Crippen molar-refractivity contribution in [1.82, 2.24) is 25.7 Å². The molecule has 2 saturated heterocycles. The summed E-state index contributed by atoms with van der Waals surface area (Å²) in [6.07, 6.45) is 0.964. The van der Waals surface area contributed by atoms with Gasteiger partial charge in [-0.1, -0.05) is 32.0 Å². The summed E-state index contributed by atoms with van der Waals surface area (Å²) in [7, 11) is 0. The van der Waals surface area contributed by atoms with Crippen molar-refractivity contribution in [2.45, 2.75) is 77.5 Å². The number of rotatable bonds is 10. The second kappa shape index (κ2) is 12.6. The Kier molecular flexibility index (Phi) is 9.49. The second-order valence-corrected chi connectivity index (χ2v) is 10.1. The van der Waals surface area contributed by atoms with Crippen LogP contribution in [0, 0.1) is 10.8 Å². The predicted octanol–water partition coefficient (Wildman–Crippen LogP) is 0.211. The first-order valence-corrected chi connectivity index (χ1v) is 13.0. The molecule has 0 aromatic heterocycles. The first-order valence-electron chi connectivity index (χ1n) is 13.0. The lowest BCUT2D eigenvalue weighted by Crippen LogP contribution is -2.58. The minimum absolute atomic E-state index is 0.0431. The standard InChI is InChI=1S/C26H34N6O7/c1-15(2)22(26(38)32(29-39)18-9-6-5-7-10-18)28-24(36)19-11-8-14-30(19)25(37)16(3)27-23(35)17(4)31-20(33)12-13-21(31)34/h5-7,9-10,15-17,19,22H,8,11-14H2,1-4H3,(H,27,35)(H,28,36)/q+1/t16-,17-,19-,22-/m0/s1. The first kappa shape index (κ1) is 29.4. The number of nitrogens with one attached hydrogen (secondary N) is 2. The highest BCUT2D eigenvalue weighted by atomic mass is 16.3. The number of benzene rings is 1. The molecule has 0 bridgehead atoms. The number of hydrogen-bond donors (Lipinski definition) is 2. The summed E-state index contributed by atoms with van der Waals surface area (Å²) in [6, 6.07) is 4.03. The van der Waals surface area contributed by atoms with E-state index in [0.29, 0.717) is 17.9 Å². The van der Waals surface area contributed by atoms with E-state index >= 15 is 0 Å². The van der Waals surface area contributed by atoms with Gasteiger partial charge in [0.05, 0.1) is 0 Å². The van der Waals surface area contributed by atoms with E-state index in [2.05, 4.69) is 15.9 Å². The van der Waals surface area contributed by atoms with Crippen molar-refractivity contribution in [1.29, 1.82) is 0 Å². The van der Waals surface area contributed by atoms with E-state index in [-0.39, 0.29) is 25.1 Å². The molecular formula is C26H34N6O7+. The van der Waals surface area contributed by atoms with Crippen LogP contribution in [-0.2, 0) is 28.8 Å². The van der Waals surface area contributed by atoms with Crippen molar-refractivity contribution in [3.8, 4) is 0 Å². The summed E-state index contributed by atoms with van der Waals surface area (Å²) < 4.78 is 0. The van der Waals surface area contributed by atoms with Crippen molar-refractivity contribution in [2.24, 2.45) is 5.92 Å². The average Bonchev–Trinajstić information content (AvgIpc) is 3.53. The van der Waals surface area contributed by atoms with Crippen LogP contribution >= 0.6 is 0 Å². The van der Waals surface area contributed by atoms with Crippen LogP contribution in [0.2, 0.25) is 0 Å². The number of carbonyl (C=O) groups excluding carboxylic acids is 6. The van der Waals surface area contributed by atoms with E-state index < -0.39 is 65.5 Å². The Morgan fingerprint density at radius 1 is 0.974 bits per heavy atom. The fourth-order valence-corrected chi connectivity index (χ4v) is 4.77. The number of nitroso groups, excluding NO2 is 1. The van der Waals surface area contributed by atoms with Crippen molar-refractivity contribution in [2.75, 3.05) is 11.6 Å². The molecule has 2 N–H and O–H groups in total. The van der Waals surface area contributed by atoms with Crippen LogP contribution in [0.15, 0.2) is 30.3 Å². The van der Waals surface area contributed by atoms with Crippen molar-refractivity contribution < 1.29 is 28.8 Å². The third kappa shape index (κ3) is 6.47. The van der Waals surface area contributed by atoms with Gasteiger partial charge in [-0.15, -0.1) is 0 Å². The smallest absolute Gasteiger partial charge is 0.343 e. The van der Waals surface area contributed by atoms with Gasteiger partial charge in [-0.3, -0.25) is 33.7 Å². The molecule has 0 spiro atoms. The number of para-hydroxylation sites is 1. The molecule has 0 unspecified atom stereocenters. The summed E-state index contributed by atoms with van der Waals surface area (Å²) in [4.78, 5) is 90.0. The zero-order valence-electron chi connectivity index (χ0n) is 22.5. The van der Waals surface area contributed by atoms with Gasteiger partial charge < -0.3 is 15.5 Å². The molecule has 1 aromatic carbocycles. The van der Waals surface area contributed by atoms with Crippen LogP contribution in [0.25, 0.3) is 0 Å². The van der Waals surface area contributed by atoms with Crippen molar-refractivity contribution in [3.63, 3.8) is 0 Å². The first-order chi connectivity index (χ1) is 18.5. The Morgan fingerprint density at radius 3 is 2.15 bits per heavy atom. The lowest BCUT2D eigenvalue weighted by molar-refractivity contribution is -0.147. The van der Waals surface area contributed by atoms with E-state index in [0.717, 1.165) is 4.90 Å². The number of likely N-dealkylation sites (tertiary alicyclic amines) is 2. The van der Waals surface area contributed by atoms with Gasteiger partial charge >= 0.3 is 11.2 Å². The van der Waals surface area contributed by atoms with Gasteiger partial charge in [-0.05, 0) is 44.7 Å². The van der Waals surface area contributed by atoms with Gasteiger partial charge in [-0.2, -0.15) is 0 Å². The Bertz CT molecular complexity index is 1120. The highest BCUT2D eigenvalue weighted by molar-refractivity contribution is 6.06. The van der Waals surface area contributed by atoms with Crippen LogP contribution in [0.4, 0.5) is 5.69 Å². The minimum Gasteiger partial charge on any atom is -0.343 e. The molecule has 39 heavy (non-hydrogen) atoms. The number of amides is 6. The molecule has 4 atom stereocenters. The molecule has 2 fully saturated rings. The van der Waals surface area contributed by atoms with Gasteiger partial charge in [0.1, 0.15) is 34.8 Å². The second-order valence-electron chi connectivity index (χ2n) is 10.1. The van der Waals surface area contributed by atoms with Crippen LogP contribution in [-0.4, -0.2) is 76.0 Å². The molecule has 2 heterocycles. The van der Waals surface area contributed by atoms with Crippen molar-refractivity contribution >= 4 is 41.1 Å². The van der Waals surface area contributed by atoms with Gasteiger partial charge in [0.2, 0.25) is 29.5 Å². The summed E-state index contributed by atoms with van der Waals surface area (Å²) in [5, 5.41) is 8.75. The van der Waals surface area contributed by atoms with Gasteiger partial charge in [0.15, 0.2) is 0 Å². The molecule has 209 valence electrons. The van der Waals surface area contributed by atoms with E-state index in [1.807, 2.05) is 0 Å². The Hall–Kier alpha value is -4.16. The molecule has 1 radical (unpaired) electrons. The molecule has 0 saturated carbocycles. The Balaban J connectivity index is 1.67. The molecule has 1 aromatic rings. The van der Waals surface area contributed by atoms with Crippen LogP contribution < -0.4 is 20.9 Å². The van der Waals surface area contributed by atoms with E-state index in [9.17, 15) is 33.7 Å². The SMILES string of the molecule is CC(C)[C@H](NC(=O)[C@@H]1CCCN1C(=O)[C@H](C)NC(=O)[C@H](C)N1C(=O)CCC1=O)C(=O)N([N+]=O)c1ccccc1. The molecular weight excluding hydrogens is 508 g/mol. The van der Waals surface area contributed by atoms with E-state index in [4.69, 9.17) is 0 Å². The minimum atomic E-state index is -1.08. The zero-order valence-corrected chi connectivity index (χ0v) is 22.5. The third-order valence-electron chi connectivity index (χ3n) is 6.95. The normalized spacial score (nSPS) is 19.5. The fourth-order valence-electron chi connectivity index (χ4n) is 4.77. The molecule has 0 aliphatic carbocycles. The van der Waals surface area contributed by atoms with Crippen LogP contribution in [0.5, 0.6) is 0 Å². The largest absolute Gasteiger partial charge is 0.494 e. The molecule has 2 aliphatic rings. The quantitative estimate of drug-likeness (QED) is 0.315. The molecule has 6 amide bonds. The van der Waals surface area contributed by atoms with E-state index in [1.165, 1.54) is 18.7 Å². The average molecular weight is 543 g/mol. The monoisotopic (exact) mass is 542 g/mol. The summed E-state index contributed by atoms with van der Waals surface area (Å²) in [6.45, 7) is 6.56. The third-order valence-corrected chi connectivity index (χ3v) is 6.95. The number of hydrogen-bond acceptors (Lipinski definition) is 8. The number of anilines is 1. The predicted molar refractivity (Wildman–Crippen MR) is 139 cm³/mol. The Morgan fingerprint density at radius 2 is 1.59 bits per heavy atom. The highest BCUT2D eigenvalue weighted by Crippen LogP contribution is 2.21. The molecule has 13 heteroatoms. The van der Waals surface area contributed by atoms with Gasteiger partial charge in [0.25, 0.3) is 0 Å². The maximum atomic E-state index is 13.3. The molecule has 2 aliphatic heterocycles. The highest BCUT2D eigenvalue weighted by Gasteiger charge is 2.42. The van der Waals surface area contributed by atoms with Crippen LogP contribution in [0.1, 0.15) is 53.4 Å². The maximum Gasteiger partial charge on any atom is 0.494 e. The lowest BCUT2D eigenvalue weighted by Gasteiger charge is -2.30. The summed E-state index contributed by atoms with van der Waals surface area (Å²) in [5.74, 6) is -3.73. The topological polar surface area (TPSA) is 167 Å². The van der Waals surface area contributed by atoms with Crippen LogP contribution in [0.3, 0.4) is 0 Å². The van der Waals surface area contributed by atoms with Gasteiger partial charge in [-0.25, -0.2) is 0 Å². The summed E-state index contributed by atoms with van der Waals surface area (Å²) >= 11 is 0. The van der Waals surface area contributed by atoms with E-state index in [1.54, 1.807) is 44.2 Å². The zero-order chi connectivity index (χ0) is 28.9. The lowest BCUT2D eigenvalue weighted by atomic mass is 10.0. The number of imide groups is 1. The summed E-state index contributed by atoms with van der Waals surface area (Å²) in [5.41, 5.74) is 0.256. The number of nitrogens with zero attached hydrogens (tertiary/aromatic N) is 4. The Labute approximate surface area is 226 Å². The molecule has 3 rings (SSSR count).